The maximum absolute atomic E-state index is 13.0. The van der Waals surface area contributed by atoms with Gasteiger partial charge in [0.05, 0.1) is 19.8 Å². The molecule has 1 saturated heterocycles. The Kier molecular flexibility index (Phi) is 7.38. The monoisotopic (exact) mass is 380 g/mol. The van der Waals surface area contributed by atoms with Crippen molar-refractivity contribution >= 4 is 21.6 Å². The Labute approximate surface area is 154 Å². The van der Waals surface area contributed by atoms with Crippen LogP contribution in [0.4, 0.5) is 5.69 Å². The topological polar surface area (TPSA) is 84.9 Å². The molecule has 8 heteroatoms. The van der Waals surface area contributed by atoms with Crippen molar-refractivity contribution < 1.29 is 22.7 Å². The molecule has 1 aliphatic heterocycles. The Morgan fingerprint density at radius 1 is 1.31 bits per heavy atom. The van der Waals surface area contributed by atoms with Crippen LogP contribution in [0.1, 0.15) is 13.8 Å². The van der Waals surface area contributed by atoms with Gasteiger partial charge in [-0.05, 0) is 32.0 Å². The SMILES string of the molecule is CC=CC=CC(=O)Nc1ccc(OCC)c(S(=O)(=O)N2CCOCC2)c1. The van der Waals surface area contributed by atoms with Gasteiger partial charge in [0.2, 0.25) is 15.9 Å². The summed E-state index contributed by atoms with van der Waals surface area (Å²) in [4.78, 5) is 12.0. The molecule has 0 saturated carbocycles. The Morgan fingerprint density at radius 2 is 2.04 bits per heavy atom. The summed E-state index contributed by atoms with van der Waals surface area (Å²) >= 11 is 0. The predicted molar refractivity (Wildman–Crippen MR) is 99.8 cm³/mol. The number of carbonyl (C=O) groups is 1. The van der Waals surface area contributed by atoms with Crippen molar-refractivity contribution in [1.82, 2.24) is 4.31 Å². The molecule has 0 aromatic heterocycles. The summed E-state index contributed by atoms with van der Waals surface area (Å²) in [7, 11) is -3.75. The van der Waals surface area contributed by atoms with Crippen LogP contribution < -0.4 is 10.1 Å². The van der Waals surface area contributed by atoms with E-state index >= 15 is 0 Å². The van der Waals surface area contributed by atoms with Crippen molar-refractivity contribution in [2.45, 2.75) is 18.7 Å². The Bertz CT molecular complexity index is 781. The lowest BCUT2D eigenvalue weighted by Gasteiger charge is -2.27. The largest absolute Gasteiger partial charge is 0.492 e. The minimum atomic E-state index is -3.75. The molecule has 1 aliphatic rings. The highest BCUT2D eigenvalue weighted by Gasteiger charge is 2.29. The van der Waals surface area contributed by atoms with Crippen LogP contribution in [0.3, 0.4) is 0 Å². The van der Waals surface area contributed by atoms with Crippen molar-refractivity contribution in [2.24, 2.45) is 0 Å². The number of anilines is 1. The number of hydrogen-bond acceptors (Lipinski definition) is 5. The molecule has 0 radical (unpaired) electrons. The number of nitrogens with one attached hydrogen (secondary N) is 1. The van der Waals surface area contributed by atoms with Crippen molar-refractivity contribution in [3.8, 4) is 5.75 Å². The lowest BCUT2D eigenvalue weighted by molar-refractivity contribution is -0.111. The smallest absolute Gasteiger partial charge is 0.248 e. The van der Waals surface area contributed by atoms with Gasteiger partial charge in [-0.15, -0.1) is 0 Å². The minimum absolute atomic E-state index is 0.0384. The van der Waals surface area contributed by atoms with E-state index in [1.54, 1.807) is 37.3 Å². The second-order valence-electron chi connectivity index (χ2n) is 5.49. The van der Waals surface area contributed by atoms with Crippen molar-refractivity contribution in [1.29, 1.82) is 0 Å². The molecule has 2 rings (SSSR count). The summed E-state index contributed by atoms with van der Waals surface area (Å²) in [5.74, 6) is -0.0802. The number of allylic oxidation sites excluding steroid dienone is 3. The van der Waals surface area contributed by atoms with Gasteiger partial charge in [-0.1, -0.05) is 18.2 Å². The molecular weight excluding hydrogens is 356 g/mol. The normalized spacial score (nSPS) is 16.2. The highest BCUT2D eigenvalue weighted by molar-refractivity contribution is 7.89. The van der Waals surface area contributed by atoms with Gasteiger partial charge in [0.25, 0.3) is 0 Å². The fraction of sp³-hybridized carbons (Fsp3) is 0.389. The van der Waals surface area contributed by atoms with E-state index in [9.17, 15) is 13.2 Å². The van der Waals surface area contributed by atoms with E-state index in [1.165, 1.54) is 16.4 Å². The maximum atomic E-state index is 13.0. The molecule has 1 aromatic carbocycles. The Balaban J connectivity index is 2.31. The van der Waals surface area contributed by atoms with E-state index in [4.69, 9.17) is 9.47 Å². The first-order chi connectivity index (χ1) is 12.5. The molecule has 0 spiro atoms. The molecule has 7 nitrogen and oxygen atoms in total. The van der Waals surface area contributed by atoms with Gasteiger partial charge in [0.1, 0.15) is 10.6 Å². The number of amides is 1. The molecule has 26 heavy (non-hydrogen) atoms. The molecule has 1 fully saturated rings. The summed E-state index contributed by atoms with van der Waals surface area (Å²) in [6.07, 6.45) is 6.50. The second-order valence-corrected chi connectivity index (χ2v) is 7.39. The summed E-state index contributed by atoms with van der Waals surface area (Å²) < 4.78 is 38.0. The minimum Gasteiger partial charge on any atom is -0.492 e. The lowest BCUT2D eigenvalue weighted by Crippen LogP contribution is -2.40. The zero-order valence-electron chi connectivity index (χ0n) is 15.0. The number of ether oxygens (including phenoxy) is 2. The first-order valence-electron chi connectivity index (χ1n) is 8.44. The number of carbonyl (C=O) groups excluding carboxylic acids is 1. The Hall–Kier alpha value is -2.16. The molecule has 0 atom stereocenters. The second kappa shape index (κ2) is 9.51. The molecule has 142 valence electrons. The third kappa shape index (κ3) is 5.17. The van der Waals surface area contributed by atoms with Crippen molar-refractivity contribution in [3.63, 3.8) is 0 Å². The third-order valence-corrected chi connectivity index (χ3v) is 5.57. The first-order valence-corrected chi connectivity index (χ1v) is 9.88. The van der Waals surface area contributed by atoms with Gasteiger partial charge in [-0.3, -0.25) is 4.79 Å². The molecular formula is C18H24N2O5S. The van der Waals surface area contributed by atoms with Gasteiger partial charge >= 0.3 is 0 Å². The third-order valence-electron chi connectivity index (χ3n) is 3.65. The maximum Gasteiger partial charge on any atom is 0.248 e. The molecule has 1 aromatic rings. The average Bonchev–Trinajstić information content (AvgIpc) is 2.64. The van der Waals surface area contributed by atoms with E-state index in [-0.39, 0.29) is 29.6 Å². The highest BCUT2D eigenvalue weighted by atomic mass is 32.2. The summed E-state index contributed by atoms with van der Waals surface area (Å²) in [5.41, 5.74) is 0.385. The molecule has 1 N–H and O–H groups in total. The first kappa shape index (κ1) is 20.2. The van der Waals surface area contributed by atoms with Crippen molar-refractivity contribution in [2.75, 3.05) is 38.2 Å². The van der Waals surface area contributed by atoms with E-state index in [2.05, 4.69) is 5.32 Å². The van der Waals surface area contributed by atoms with E-state index in [1.807, 2.05) is 6.92 Å². The van der Waals surface area contributed by atoms with Crippen LogP contribution in [0.25, 0.3) is 0 Å². The van der Waals surface area contributed by atoms with Crippen LogP contribution in [0, 0.1) is 0 Å². The quantitative estimate of drug-likeness (QED) is 0.579. The van der Waals surface area contributed by atoms with Crippen molar-refractivity contribution in [3.05, 3.63) is 42.5 Å². The zero-order chi connectivity index (χ0) is 19.0. The number of nitrogens with zero attached hydrogens (tertiary/aromatic N) is 1. The number of benzene rings is 1. The fourth-order valence-corrected chi connectivity index (χ4v) is 3.99. The molecule has 0 bridgehead atoms. The van der Waals surface area contributed by atoms with Crippen LogP contribution in [-0.2, 0) is 19.6 Å². The summed E-state index contributed by atoms with van der Waals surface area (Å²) in [5, 5.41) is 2.66. The van der Waals surface area contributed by atoms with Gasteiger partial charge in [0, 0.05) is 24.9 Å². The van der Waals surface area contributed by atoms with Crippen LogP contribution in [0.5, 0.6) is 5.75 Å². The molecule has 1 heterocycles. The van der Waals surface area contributed by atoms with Crippen LogP contribution in [-0.4, -0.2) is 51.5 Å². The van der Waals surface area contributed by atoms with Gasteiger partial charge < -0.3 is 14.8 Å². The Morgan fingerprint density at radius 3 is 2.69 bits per heavy atom. The number of morpholine rings is 1. The summed E-state index contributed by atoms with van der Waals surface area (Å²) in [6, 6.07) is 4.60. The number of hydrogen-bond donors (Lipinski definition) is 1. The predicted octanol–water partition coefficient (Wildman–Crippen LogP) is 2.18. The van der Waals surface area contributed by atoms with Gasteiger partial charge in [-0.2, -0.15) is 4.31 Å². The summed E-state index contributed by atoms with van der Waals surface area (Å²) in [6.45, 7) is 5.26. The molecule has 1 amide bonds. The fourth-order valence-electron chi connectivity index (χ4n) is 2.43. The van der Waals surface area contributed by atoms with Gasteiger partial charge in [-0.25, -0.2) is 8.42 Å². The van der Waals surface area contributed by atoms with E-state index < -0.39 is 10.0 Å². The van der Waals surface area contributed by atoms with Crippen LogP contribution in [0.15, 0.2) is 47.4 Å². The zero-order valence-corrected chi connectivity index (χ0v) is 15.8. The molecule has 0 unspecified atom stereocenters. The average molecular weight is 380 g/mol. The van der Waals surface area contributed by atoms with E-state index in [0.29, 0.717) is 25.5 Å². The van der Waals surface area contributed by atoms with Crippen LogP contribution >= 0.6 is 0 Å². The molecule has 0 aliphatic carbocycles. The highest BCUT2D eigenvalue weighted by Crippen LogP contribution is 2.30. The standard InChI is InChI=1S/C18H24N2O5S/c1-3-5-6-7-18(21)19-15-8-9-16(25-4-2)17(14-15)26(22,23)20-10-12-24-13-11-20/h3,5-9,14H,4,10-13H2,1-2H3,(H,19,21). The lowest BCUT2D eigenvalue weighted by atomic mass is 10.3. The van der Waals surface area contributed by atoms with Crippen LogP contribution in [0.2, 0.25) is 0 Å². The number of sulfonamides is 1. The number of rotatable bonds is 7. The van der Waals surface area contributed by atoms with Gasteiger partial charge in [0.15, 0.2) is 0 Å². The van der Waals surface area contributed by atoms with E-state index in [0.717, 1.165) is 0 Å².